The van der Waals surface area contributed by atoms with E-state index in [1.165, 1.54) is 44.2 Å². The molecule has 2 aromatic rings. The van der Waals surface area contributed by atoms with Gasteiger partial charge in [-0.1, -0.05) is 24.3 Å². The minimum atomic E-state index is -3.10. The fraction of sp³-hybridized carbons (Fsp3) is 0.211. The van der Waals surface area contributed by atoms with Crippen molar-refractivity contribution in [3.63, 3.8) is 0 Å². The lowest BCUT2D eigenvalue weighted by Gasteiger charge is -2.15. The molecule has 0 aliphatic rings. The van der Waals surface area contributed by atoms with Crippen LogP contribution >= 0.6 is 0 Å². The zero-order valence-corrected chi connectivity index (χ0v) is 14.6. The van der Waals surface area contributed by atoms with Crippen molar-refractivity contribution in [2.75, 3.05) is 5.32 Å². The predicted octanol–water partition coefficient (Wildman–Crippen LogP) is 3.67. The quantitative estimate of drug-likeness (QED) is 0.588. The zero-order valence-electron chi connectivity index (χ0n) is 14.6. The number of halogens is 2. The van der Waals surface area contributed by atoms with E-state index in [4.69, 9.17) is 4.74 Å². The van der Waals surface area contributed by atoms with Crippen LogP contribution in [0.5, 0.6) is 5.75 Å². The number of para-hydroxylation sites is 1. The number of benzene rings is 2. The van der Waals surface area contributed by atoms with Crippen molar-refractivity contribution in [3.8, 4) is 5.75 Å². The van der Waals surface area contributed by atoms with Crippen LogP contribution in [0.15, 0.2) is 48.5 Å². The number of hydrogen-bond acceptors (Lipinski definition) is 5. The number of ketones is 1. The molecule has 2 aromatic carbocycles. The van der Waals surface area contributed by atoms with Crippen LogP contribution in [0.1, 0.15) is 34.6 Å². The SMILES string of the molecule is CC(=O)c1cccc(NC(=O)C(C)OC(=O)c2ccccc2OC(F)F)c1. The number of Topliss-reactive ketones (excluding diaryl/α,β-unsaturated/α-hetero) is 1. The highest BCUT2D eigenvalue weighted by atomic mass is 19.3. The lowest BCUT2D eigenvalue weighted by Crippen LogP contribution is -2.30. The topological polar surface area (TPSA) is 81.7 Å². The molecule has 0 fully saturated rings. The van der Waals surface area contributed by atoms with Gasteiger partial charge in [-0.2, -0.15) is 8.78 Å². The molecule has 8 heteroatoms. The van der Waals surface area contributed by atoms with Crippen LogP contribution in [0.2, 0.25) is 0 Å². The van der Waals surface area contributed by atoms with Gasteiger partial charge in [0.2, 0.25) is 0 Å². The Hall–Kier alpha value is -3.29. The number of hydrogen-bond donors (Lipinski definition) is 1. The molecule has 2 rings (SSSR count). The van der Waals surface area contributed by atoms with Crippen LogP contribution in [0.25, 0.3) is 0 Å². The summed E-state index contributed by atoms with van der Waals surface area (Å²) in [6.07, 6.45) is -1.21. The van der Waals surface area contributed by atoms with E-state index < -0.39 is 24.6 Å². The van der Waals surface area contributed by atoms with E-state index >= 15 is 0 Å². The molecule has 6 nitrogen and oxygen atoms in total. The van der Waals surface area contributed by atoms with Gasteiger partial charge in [0.25, 0.3) is 5.91 Å². The maximum absolute atomic E-state index is 12.4. The Morgan fingerprint density at radius 3 is 2.41 bits per heavy atom. The van der Waals surface area contributed by atoms with E-state index in [-0.39, 0.29) is 17.1 Å². The van der Waals surface area contributed by atoms with E-state index in [2.05, 4.69) is 10.1 Å². The molecule has 142 valence electrons. The molecule has 0 aliphatic heterocycles. The first-order valence-electron chi connectivity index (χ1n) is 7.94. The Morgan fingerprint density at radius 1 is 1.04 bits per heavy atom. The average Bonchev–Trinajstić information content (AvgIpc) is 2.61. The van der Waals surface area contributed by atoms with Crippen molar-refractivity contribution in [2.24, 2.45) is 0 Å². The molecule has 1 amide bonds. The summed E-state index contributed by atoms with van der Waals surface area (Å²) in [6, 6.07) is 11.6. The molecule has 1 unspecified atom stereocenters. The van der Waals surface area contributed by atoms with Crippen molar-refractivity contribution in [1.29, 1.82) is 0 Å². The molecule has 0 saturated carbocycles. The number of nitrogens with one attached hydrogen (secondary N) is 1. The lowest BCUT2D eigenvalue weighted by molar-refractivity contribution is -0.123. The maximum atomic E-state index is 12.4. The first-order chi connectivity index (χ1) is 12.8. The lowest BCUT2D eigenvalue weighted by atomic mass is 10.1. The Kier molecular flexibility index (Phi) is 6.59. The van der Waals surface area contributed by atoms with E-state index in [0.717, 1.165) is 0 Å². The Labute approximate surface area is 154 Å². The summed E-state index contributed by atoms with van der Waals surface area (Å²) in [5.41, 5.74) is 0.545. The Balaban J connectivity index is 2.05. The Morgan fingerprint density at radius 2 is 1.74 bits per heavy atom. The van der Waals surface area contributed by atoms with Crippen molar-refractivity contribution in [1.82, 2.24) is 0 Å². The fourth-order valence-electron chi connectivity index (χ4n) is 2.17. The molecule has 0 aromatic heterocycles. The number of amides is 1. The van der Waals surface area contributed by atoms with Gasteiger partial charge in [-0.3, -0.25) is 9.59 Å². The van der Waals surface area contributed by atoms with Gasteiger partial charge >= 0.3 is 12.6 Å². The highest BCUT2D eigenvalue weighted by Gasteiger charge is 2.22. The van der Waals surface area contributed by atoms with E-state index in [9.17, 15) is 23.2 Å². The third-order valence-electron chi connectivity index (χ3n) is 3.51. The van der Waals surface area contributed by atoms with Crippen LogP contribution in [0, 0.1) is 0 Å². The monoisotopic (exact) mass is 377 g/mol. The van der Waals surface area contributed by atoms with Gasteiger partial charge < -0.3 is 14.8 Å². The molecule has 1 atom stereocenters. The van der Waals surface area contributed by atoms with Gasteiger partial charge in [-0.15, -0.1) is 0 Å². The third kappa shape index (κ3) is 5.60. The van der Waals surface area contributed by atoms with Crippen LogP contribution in [0.3, 0.4) is 0 Å². The Bertz CT molecular complexity index is 853. The summed E-state index contributed by atoms with van der Waals surface area (Å²) in [5.74, 6) is -2.14. The van der Waals surface area contributed by atoms with E-state index in [1.54, 1.807) is 18.2 Å². The second-order valence-electron chi connectivity index (χ2n) is 5.55. The molecule has 0 radical (unpaired) electrons. The minimum absolute atomic E-state index is 0.166. The first-order valence-corrected chi connectivity index (χ1v) is 7.94. The van der Waals surface area contributed by atoms with Crippen LogP contribution in [0.4, 0.5) is 14.5 Å². The first kappa shape index (κ1) is 20.0. The number of anilines is 1. The molecular weight excluding hydrogens is 360 g/mol. The van der Waals surface area contributed by atoms with Crippen LogP contribution in [-0.4, -0.2) is 30.4 Å². The molecule has 0 spiro atoms. The highest BCUT2D eigenvalue weighted by molar-refractivity contribution is 6.00. The zero-order chi connectivity index (χ0) is 20.0. The number of ether oxygens (including phenoxy) is 2. The smallest absolute Gasteiger partial charge is 0.387 e. The standard InChI is InChI=1S/C19H17F2NO5/c1-11(23)13-6-5-7-14(10-13)22-17(24)12(2)26-18(25)15-8-3-4-9-16(15)27-19(20)21/h3-10,12,19H,1-2H3,(H,22,24). The molecule has 0 saturated heterocycles. The normalized spacial score (nSPS) is 11.6. The van der Waals surface area contributed by atoms with Gasteiger partial charge in [0.05, 0.1) is 0 Å². The average molecular weight is 377 g/mol. The van der Waals surface area contributed by atoms with Gasteiger partial charge in [-0.05, 0) is 38.1 Å². The molecular formula is C19H17F2NO5. The summed E-state index contributed by atoms with van der Waals surface area (Å²) in [5, 5.41) is 2.52. The molecule has 27 heavy (non-hydrogen) atoms. The van der Waals surface area contributed by atoms with Crippen molar-refractivity contribution in [2.45, 2.75) is 26.6 Å². The predicted molar refractivity (Wildman–Crippen MR) is 93.0 cm³/mol. The van der Waals surface area contributed by atoms with Gasteiger partial charge in [0, 0.05) is 11.3 Å². The van der Waals surface area contributed by atoms with Gasteiger partial charge in [0.1, 0.15) is 11.3 Å². The summed E-state index contributed by atoms with van der Waals surface area (Å²) in [4.78, 5) is 35.8. The second kappa shape index (κ2) is 8.88. The van der Waals surface area contributed by atoms with Crippen molar-refractivity contribution < 1.29 is 32.6 Å². The second-order valence-corrected chi connectivity index (χ2v) is 5.55. The van der Waals surface area contributed by atoms with Crippen LogP contribution < -0.4 is 10.1 Å². The summed E-state index contributed by atoms with van der Waals surface area (Å²) in [6.45, 7) is -0.378. The largest absolute Gasteiger partial charge is 0.449 e. The molecule has 0 heterocycles. The fourth-order valence-corrected chi connectivity index (χ4v) is 2.17. The molecule has 0 bridgehead atoms. The summed E-state index contributed by atoms with van der Waals surface area (Å²) in [7, 11) is 0. The van der Waals surface area contributed by atoms with Crippen LogP contribution in [-0.2, 0) is 9.53 Å². The summed E-state index contributed by atoms with van der Waals surface area (Å²) >= 11 is 0. The number of carbonyl (C=O) groups excluding carboxylic acids is 3. The minimum Gasteiger partial charge on any atom is -0.449 e. The van der Waals surface area contributed by atoms with Crippen molar-refractivity contribution in [3.05, 3.63) is 59.7 Å². The highest BCUT2D eigenvalue weighted by Crippen LogP contribution is 2.22. The number of rotatable bonds is 7. The van der Waals surface area contributed by atoms with E-state index in [0.29, 0.717) is 11.3 Å². The maximum Gasteiger partial charge on any atom is 0.387 e. The number of carbonyl (C=O) groups is 3. The van der Waals surface area contributed by atoms with Gasteiger partial charge in [-0.25, -0.2) is 4.79 Å². The van der Waals surface area contributed by atoms with Gasteiger partial charge in [0.15, 0.2) is 11.9 Å². The number of alkyl halides is 2. The van der Waals surface area contributed by atoms with E-state index in [1.807, 2.05) is 0 Å². The summed E-state index contributed by atoms with van der Waals surface area (Å²) < 4.78 is 34.1. The molecule has 0 aliphatic carbocycles. The third-order valence-corrected chi connectivity index (χ3v) is 3.51. The molecule has 1 N–H and O–H groups in total. The number of esters is 1. The van der Waals surface area contributed by atoms with Crippen molar-refractivity contribution >= 4 is 23.3 Å².